The number of ether oxygens (including phenoxy) is 1. The van der Waals surface area contributed by atoms with Gasteiger partial charge in [-0.05, 0) is 84.6 Å². The molecule has 2 aliphatic carbocycles. The van der Waals surface area contributed by atoms with Crippen molar-refractivity contribution in [2.45, 2.75) is 49.5 Å². The molecule has 3 aliphatic rings. The third kappa shape index (κ3) is 6.22. The monoisotopic (exact) mass is 755 g/mol. The number of fused-ring (bicyclic) bond motifs is 5. The Bertz CT molecular complexity index is 2580. The van der Waals surface area contributed by atoms with E-state index in [1.807, 2.05) is 18.3 Å². The van der Waals surface area contributed by atoms with Gasteiger partial charge in [0.05, 0.1) is 22.5 Å². The van der Waals surface area contributed by atoms with Gasteiger partial charge in [-0.3, -0.25) is 14.6 Å². The number of carbonyl (C=O) groups excluding carboxylic acids is 2. The van der Waals surface area contributed by atoms with E-state index in [1.54, 1.807) is 53.6 Å². The average Bonchev–Trinajstić information content (AvgIpc) is 3.84. The van der Waals surface area contributed by atoms with Crippen molar-refractivity contribution in [1.29, 1.82) is 5.26 Å². The van der Waals surface area contributed by atoms with Gasteiger partial charge in [0, 0.05) is 82.0 Å². The first kappa shape index (κ1) is 34.2. The first-order valence-corrected chi connectivity index (χ1v) is 17.9. The van der Waals surface area contributed by atoms with Crippen molar-refractivity contribution in [3.63, 3.8) is 0 Å². The second-order valence-electron chi connectivity index (χ2n) is 13.7. The van der Waals surface area contributed by atoms with Crippen LogP contribution in [0, 0.1) is 11.3 Å². The van der Waals surface area contributed by atoms with Crippen molar-refractivity contribution in [3.05, 3.63) is 114 Å². The van der Waals surface area contributed by atoms with Crippen LogP contribution in [0.15, 0.2) is 85.5 Å². The van der Waals surface area contributed by atoms with E-state index in [4.69, 9.17) is 31.9 Å². The zero-order valence-corrected chi connectivity index (χ0v) is 29.6. The van der Waals surface area contributed by atoms with Crippen LogP contribution in [-0.2, 0) is 16.6 Å². The predicted octanol–water partition coefficient (Wildman–Crippen LogP) is 7.80. The molecule has 1 spiro atoms. The van der Waals surface area contributed by atoms with Gasteiger partial charge in [-0.1, -0.05) is 19.3 Å². The van der Waals surface area contributed by atoms with E-state index < -0.39 is 16.9 Å². The maximum Gasteiger partial charge on any atom is 0.487 e. The molecule has 4 aromatic heterocycles. The van der Waals surface area contributed by atoms with Crippen LogP contribution < -0.4 is 15.4 Å². The number of nitrogens with zero attached hydrogens (tertiary/aromatic N) is 7. The lowest BCUT2D eigenvalue weighted by Gasteiger charge is -2.33. The molecule has 2 aromatic carbocycles. The van der Waals surface area contributed by atoms with E-state index in [0.717, 1.165) is 58.5 Å². The van der Waals surface area contributed by atoms with Crippen LogP contribution in [0.5, 0.6) is 5.75 Å². The van der Waals surface area contributed by atoms with Crippen LogP contribution in [0.3, 0.4) is 0 Å². The summed E-state index contributed by atoms with van der Waals surface area (Å²) in [6, 6.07) is 18.1. The number of nitriles is 1. The molecule has 2 N–H and O–H groups in total. The van der Waals surface area contributed by atoms with Crippen molar-refractivity contribution in [1.82, 2.24) is 29.7 Å². The zero-order chi connectivity index (χ0) is 37.9. The van der Waals surface area contributed by atoms with Gasteiger partial charge in [-0.25, -0.2) is 19.6 Å². The SMILES string of the molecule is N#Cc1ccc(-c2ccnc(-n3cc4c(n3)-c3cc(-c5cc(C(=O)Nc6ccc(OC(F)(F)Cl)cc6)cc6c5C5(CCCCC5)C(=O)N6)cnc3C4)n2)cn1. The van der Waals surface area contributed by atoms with E-state index in [0.29, 0.717) is 53.5 Å². The second kappa shape index (κ2) is 13.1. The Morgan fingerprint density at radius 3 is 2.53 bits per heavy atom. The van der Waals surface area contributed by atoms with Gasteiger partial charge in [0.2, 0.25) is 5.91 Å². The van der Waals surface area contributed by atoms with Gasteiger partial charge < -0.3 is 15.4 Å². The number of halogens is 3. The molecule has 2 amide bonds. The summed E-state index contributed by atoms with van der Waals surface area (Å²) in [6.07, 6.45) is 11.6. The molecule has 5 heterocycles. The molecule has 15 heteroatoms. The lowest BCUT2D eigenvalue weighted by molar-refractivity contribution is -0.121. The quantitative estimate of drug-likeness (QED) is 0.155. The second-order valence-corrected chi connectivity index (χ2v) is 14.1. The molecule has 6 aromatic rings. The Morgan fingerprint density at radius 2 is 1.78 bits per heavy atom. The summed E-state index contributed by atoms with van der Waals surface area (Å²) in [7, 11) is 0. The maximum atomic E-state index is 13.8. The highest BCUT2D eigenvalue weighted by atomic mass is 35.5. The smallest absolute Gasteiger partial charge is 0.420 e. The normalized spacial score (nSPS) is 15.1. The van der Waals surface area contributed by atoms with Crippen molar-refractivity contribution in [2.24, 2.45) is 0 Å². The predicted molar refractivity (Wildman–Crippen MR) is 198 cm³/mol. The number of amides is 2. The van der Waals surface area contributed by atoms with E-state index in [1.165, 1.54) is 24.3 Å². The minimum absolute atomic E-state index is 0.0816. The summed E-state index contributed by atoms with van der Waals surface area (Å²) in [4.78, 5) is 45.7. The molecule has 1 fully saturated rings. The summed E-state index contributed by atoms with van der Waals surface area (Å²) in [5.74, 6) is -0.353. The molecule has 1 saturated carbocycles. The van der Waals surface area contributed by atoms with Crippen molar-refractivity contribution < 1.29 is 23.1 Å². The Kier molecular flexibility index (Phi) is 8.12. The van der Waals surface area contributed by atoms with Crippen LogP contribution >= 0.6 is 11.6 Å². The highest BCUT2D eigenvalue weighted by Crippen LogP contribution is 2.52. The Balaban J connectivity index is 1.08. The fraction of sp³-hybridized carbons (Fsp3) is 0.200. The van der Waals surface area contributed by atoms with Gasteiger partial charge in [-0.2, -0.15) is 10.4 Å². The summed E-state index contributed by atoms with van der Waals surface area (Å²) in [6.45, 7) is 0. The lowest BCUT2D eigenvalue weighted by Crippen LogP contribution is -2.36. The molecular weight excluding hydrogens is 728 g/mol. The molecule has 0 atom stereocenters. The topological polar surface area (TPSA) is 161 Å². The van der Waals surface area contributed by atoms with Crippen LogP contribution in [0.25, 0.3) is 39.6 Å². The number of nitrogens with one attached hydrogen (secondary N) is 2. The first-order valence-electron chi connectivity index (χ1n) is 17.5. The zero-order valence-electron chi connectivity index (χ0n) is 28.8. The van der Waals surface area contributed by atoms with Gasteiger partial charge >= 0.3 is 5.57 Å². The number of carbonyl (C=O) groups is 2. The fourth-order valence-corrected chi connectivity index (χ4v) is 7.90. The number of rotatable bonds is 7. The molecule has 0 saturated heterocycles. The third-order valence-electron chi connectivity index (χ3n) is 10.3. The van der Waals surface area contributed by atoms with Crippen LogP contribution in [0.1, 0.15) is 65.0 Å². The molecule has 0 radical (unpaired) electrons. The Morgan fingerprint density at radius 1 is 0.982 bits per heavy atom. The number of hydrogen-bond acceptors (Lipinski definition) is 9. The van der Waals surface area contributed by atoms with Gasteiger partial charge in [-0.15, -0.1) is 8.78 Å². The number of pyridine rings is 2. The molecule has 0 bridgehead atoms. The standard InChI is InChI=1S/C40H28ClF2N9O3/c41-40(42,43)55-28-8-6-26(7-9-28)48-36(53)23-14-29(34-33(16-23)49-37(54)39(34)11-2-1-3-12-39)24-15-30-32(47-20-24)17-25-21-52(51-35(25)30)38-45-13-10-31(50-38)22-4-5-27(18-44)46-19-22/h4-10,13-16,19-21H,1-3,11-12,17H2,(H,48,53)(H,49,54). The van der Waals surface area contributed by atoms with E-state index in [2.05, 4.69) is 25.3 Å². The Labute approximate surface area is 317 Å². The molecule has 0 unspecified atom stereocenters. The van der Waals surface area contributed by atoms with E-state index >= 15 is 0 Å². The molecule has 12 nitrogen and oxygen atoms in total. The van der Waals surface area contributed by atoms with Gasteiger partial charge in [0.25, 0.3) is 11.9 Å². The van der Waals surface area contributed by atoms with Crippen LogP contribution in [0.4, 0.5) is 20.2 Å². The lowest BCUT2D eigenvalue weighted by atomic mass is 9.68. The summed E-state index contributed by atoms with van der Waals surface area (Å²) in [5.41, 5.74) is 3.89. The molecule has 272 valence electrons. The number of anilines is 2. The fourth-order valence-electron chi connectivity index (χ4n) is 7.81. The van der Waals surface area contributed by atoms with Gasteiger partial charge in [0.1, 0.15) is 17.5 Å². The summed E-state index contributed by atoms with van der Waals surface area (Å²) in [5, 5.41) is 19.9. The first-order chi connectivity index (χ1) is 26.6. The number of alkyl halides is 3. The maximum absolute atomic E-state index is 13.8. The van der Waals surface area contributed by atoms with Crippen molar-refractivity contribution in [3.8, 4) is 51.4 Å². The molecule has 9 rings (SSSR count). The van der Waals surface area contributed by atoms with Crippen LogP contribution in [-0.4, -0.2) is 47.1 Å². The summed E-state index contributed by atoms with van der Waals surface area (Å²) < 4.78 is 32.2. The number of benzene rings is 2. The highest BCUT2D eigenvalue weighted by molar-refractivity contribution is 6.20. The van der Waals surface area contributed by atoms with Crippen molar-refractivity contribution >= 4 is 34.8 Å². The van der Waals surface area contributed by atoms with E-state index in [-0.39, 0.29) is 17.2 Å². The number of aromatic nitrogens is 6. The minimum atomic E-state index is -3.87. The molecule has 55 heavy (non-hydrogen) atoms. The largest absolute Gasteiger partial charge is 0.487 e. The van der Waals surface area contributed by atoms with Crippen molar-refractivity contribution in [2.75, 3.05) is 10.6 Å². The highest BCUT2D eigenvalue weighted by Gasteiger charge is 2.49. The summed E-state index contributed by atoms with van der Waals surface area (Å²) >= 11 is 4.88. The minimum Gasteiger partial charge on any atom is -0.420 e. The Hall–Kier alpha value is -6.59. The molecular formula is C40H28ClF2N9O3. The number of hydrogen-bond donors (Lipinski definition) is 2. The third-order valence-corrected chi connectivity index (χ3v) is 10.4. The van der Waals surface area contributed by atoms with Gasteiger partial charge in [0.15, 0.2) is 0 Å². The van der Waals surface area contributed by atoms with Crippen LogP contribution in [0.2, 0.25) is 0 Å². The average molecular weight is 756 g/mol. The molecule has 1 aliphatic heterocycles. The van der Waals surface area contributed by atoms with E-state index in [9.17, 15) is 18.4 Å².